The van der Waals surface area contributed by atoms with Crippen LogP contribution in [0.5, 0.6) is 5.75 Å². The number of hydrogen-bond acceptors (Lipinski definition) is 3. The highest BCUT2D eigenvalue weighted by Gasteiger charge is 2.04. The molecule has 0 fully saturated rings. The number of nitrogen functional groups attached to an aromatic ring is 1. The fourth-order valence-corrected chi connectivity index (χ4v) is 3.02. The molecule has 2 rings (SSSR count). The van der Waals surface area contributed by atoms with E-state index in [1.54, 1.807) is 11.8 Å². The van der Waals surface area contributed by atoms with E-state index >= 15 is 0 Å². The first-order chi connectivity index (χ1) is 9.54. The SMILES string of the molecule is Cc1ccccc1CSc1cc(N)cc(OC(C)C)c1. The van der Waals surface area contributed by atoms with Gasteiger partial charge >= 0.3 is 0 Å². The average molecular weight is 287 g/mol. The fourth-order valence-electron chi connectivity index (χ4n) is 1.95. The first-order valence-corrected chi connectivity index (χ1v) is 7.77. The van der Waals surface area contributed by atoms with Crippen LogP contribution in [0.25, 0.3) is 0 Å². The third kappa shape index (κ3) is 4.20. The van der Waals surface area contributed by atoms with Gasteiger partial charge in [0.05, 0.1) is 6.10 Å². The summed E-state index contributed by atoms with van der Waals surface area (Å²) in [7, 11) is 0. The van der Waals surface area contributed by atoms with Crippen molar-refractivity contribution in [1.82, 2.24) is 0 Å². The van der Waals surface area contributed by atoms with Crippen molar-refractivity contribution < 1.29 is 4.74 Å². The Morgan fingerprint density at radius 3 is 2.60 bits per heavy atom. The molecule has 2 nitrogen and oxygen atoms in total. The molecule has 0 radical (unpaired) electrons. The zero-order valence-corrected chi connectivity index (χ0v) is 13.0. The van der Waals surface area contributed by atoms with E-state index in [9.17, 15) is 0 Å². The molecule has 0 saturated carbocycles. The predicted molar refractivity (Wildman–Crippen MR) is 87.4 cm³/mol. The molecule has 0 aliphatic heterocycles. The van der Waals surface area contributed by atoms with Crippen molar-refractivity contribution >= 4 is 17.4 Å². The molecule has 2 N–H and O–H groups in total. The number of ether oxygens (including phenoxy) is 1. The number of rotatable bonds is 5. The van der Waals surface area contributed by atoms with E-state index in [0.717, 1.165) is 22.1 Å². The summed E-state index contributed by atoms with van der Waals surface area (Å²) in [6.07, 6.45) is 0.158. The molecule has 0 amide bonds. The Morgan fingerprint density at radius 1 is 1.15 bits per heavy atom. The van der Waals surface area contributed by atoms with Crippen LogP contribution in [0, 0.1) is 6.92 Å². The minimum Gasteiger partial charge on any atom is -0.491 e. The van der Waals surface area contributed by atoms with Crippen molar-refractivity contribution in [2.75, 3.05) is 5.73 Å². The van der Waals surface area contributed by atoms with Crippen molar-refractivity contribution in [1.29, 1.82) is 0 Å². The van der Waals surface area contributed by atoms with Gasteiger partial charge < -0.3 is 10.5 Å². The van der Waals surface area contributed by atoms with Gasteiger partial charge in [0.15, 0.2) is 0 Å². The average Bonchev–Trinajstić information content (AvgIpc) is 2.36. The molecule has 0 aliphatic rings. The van der Waals surface area contributed by atoms with Gasteiger partial charge in [-0.3, -0.25) is 0 Å². The predicted octanol–water partition coefficient (Wildman–Crippen LogP) is 4.66. The Hall–Kier alpha value is -1.61. The monoisotopic (exact) mass is 287 g/mol. The molecule has 0 spiro atoms. The van der Waals surface area contributed by atoms with Crippen molar-refractivity contribution in [2.45, 2.75) is 37.5 Å². The van der Waals surface area contributed by atoms with Crippen LogP contribution in [0.4, 0.5) is 5.69 Å². The summed E-state index contributed by atoms with van der Waals surface area (Å²) >= 11 is 1.78. The largest absolute Gasteiger partial charge is 0.491 e. The molecule has 2 aromatic carbocycles. The van der Waals surface area contributed by atoms with Crippen LogP contribution < -0.4 is 10.5 Å². The van der Waals surface area contributed by atoms with E-state index in [0.29, 0.717) is 0 Å². The van der Waals surface area contributed by atoms with Crippen LogP contribution in [0.1, 0.15) is 25.0 Å². The van der Waals surface area contributed by atoms with Gasteiger partial charge in [-0.1, -0.05) is 24.3 Å². The van der Waals surface area contributed by atoms with Gasteiger partial charge in [0, 0.05) is 22.4 Å². The highest BCUT2D eigenvalue weighted by molar-refractivity contribution is 7.98. The zero-order chi connectivity index (χ0) is 14.5. The van der Waals surface area contributed by atoms with Crippen LogP contribution in [0.3, 0.4) is 0 Å². The molecule has 0 unspecified atom stereocenters. The molecule has 0 saturated heterocycles. The zero-order valence-electron chi connectivity index (χ0n) is 12.2. The normalized spacial score (nSPS) is 10.8. The summed E-state index contributed by atoms with van der Waals surface area (Å²) in [6.45, 7) is 6.18. The number of aryl methyl sites for hydroxylation is 1. The van der Waals surface area contributed by atoms with Gasteiger partial charge in [0.25, 0.3) is 0 Å². The van der Waals surface area contributed by atoms with Crippen LogP contribution >= 0.6 is 11.8 Å². The smallest absolute Gasteiger partial charge is 0.122 e. The lowest BCUT2D eigenvalue weighted by molar-refractivity contribution is 0.242. The van der Waals surface area contributed by atoms with Crippen LogP contribution in [0.15, 0.2) is 47.4 Å². The van der Waals surface area contributed by atoms with E-state index < -0.39 is 0 Å². The minimum absolute atomic E-state index is 0.158. The quantitative estimate of drug-likeness (QED) is 0.642. The Labute approximate surface area is 125 Å². The maximum absolute atomic E-state index is 5.94. The fraction of sp³-hybridized carbons (Fsp3) is 0.294. The molecule has 20 heavy (non-hydrogen) atoms. The van der Waals surface area contributed by atoms with Crippen molar-refractivity contribution in [2.24, 2.45) is 0 Å². The molecule has 106 valence electrons. The number of anilines is 1. The molecule has 0 heterocycles. The van der Waals surface area contributed by atoms with Gasteiger partial charge in [0.2, 0.25) is 0 Å². The van der Waals surface area contributed by atoms with Crippen molar-refractivity contribution in [3.05, 3.63) is 53.6 Å². The Morgan fingerprint density at radius 2 is 1.90 bits per heavy atom. The third-order valence-corrected chi connectivity index (χ3v) is 3.95. The van der Waals surface area contributed by atoms with Crippen LogP contribution in [-0.2, 0) is 5.75 Å². The first kappa shape index (κ1) is 14.8. The number of nitrogens with two attached hydrogens (primary N) is 1. The second-order valence-corrected chi connectivity index (χ2v) is 6.17. The number of benzene rings is 2. The molecule has 3 heteroatoms. The van der Waals surface area contributed by atoms with E-state index in [4.69, 9.17) is 10.5 Å². The maximum Gasteiger partial charge on any atom is 0.122 e. The second-order valence-electron chi connectivity index (χ2n) is 5.12. The highest BCUT2D eigenvalue weighted by Crippen LogP contribution is 2.30. The van der Waals surface area contributed by atoms with Gasteiger partial charge in [-0.05, 0) is 44.0 Å². The molecular weight excluding hydrogens is 266 g/mol. The summed E-state index contributed by atoms with van der Waals surface area (Å²) in [6, 6.07) is 14.4. The molecular formula is C17H21NOS. The van der Waals surface area contributed by atoms with Gasteiger partial charge in [-0.25, -0.2) is 0 Å². The van der Waals surface area contributed by atoms with Crippen molar-refractivity contribution in [3.8, 4) is 5.75 Å². The second kappa shape index (κ2) is 6.71. The number of hydrogen-bond donors (Lipinski definition) is 1. The van der Waals surface area contributed by atoms with Crippen LogP contribution in [0.2, 0.25) is 0 Å². The first-order valence-electron chi connectivity index (χ1n) is 6.79. The molecule has 0 aromatic heterocycles. The highest BCUT2D eigenvalue weighted by atomic mass is 32.2. The summed E-state index contributed by atoms with van der Waals surface area (Å²) in [5.41, 5.74) is 9.36. The Bertz CT molecular complexity index is 581. The topological polar surface area (TPSA) is 35.2 Å². The molecule has 2 aromatic rings. The van der Waals surface area contributed by atoms with E-state index in [-0.39, 0.29) is 6.10 Å². The van der Waals surface area contributed by atoms with E-state index in [1.807, 2.05) is 26.0 Å². The number of thioether (sulfide) groups is 1. The molecule has 0 atom stereocenters. The van der Waals surface area contributed by atoms with E-state index in [1.165, 1.54) is 11.1 Å². The summed E-state index contributed by atoms with van der Waals surface area (Å²) in [5, 5.41) is 0. The molecule has 0 aliphatic carbocycles. The van der Waals surface area contributed by atoms with Gasteiger partial charge in [0.1, 0.15) is 5.75 Å². The summed E-state index contributed by atoms with van der Waals surface area (Å²) in [5.74, 6) is 1.78. The summed E-state index contributed by atoms with van der Waals surface area (Å²) in [4.78, 5) is 1.14. The van der Waals surface area contributed by atoms with Gasteiger partial charge in [-0.2, -0.15) is 0 Å². The lowest BCUT2D eigenvalue weighted by atomic mass is 10.1. The van der Waals surface area contributed by atoms with Crippen molar-refractivity contribution in [3.63, 3.8) is 0 Å². The standard InChI is InChI=1S/C17H21NOS/c1-12(2)19-16-8-15(18)9-17(10-16)20-11-14-7-5-4-6-13(14)3/h4-10,12H,11,18H2,1-3H3. The third-order valence-electron chi connectivity index (χ3n) is 2.93. The van der Waals surface area contributed by atoms with Gasteiger partial charge in [-0.15, -0.1) is 11.8 Å². The lowest BCUT2D eigenvalue weighted by Crippen LogP contribution is -2.05. The Kier molecular flexibility index (Phi) is 4.96. The summed E-state index contributed by atoms with van der Waals surface area (Å²) < 4.78 is 5.72. The van der Waals surface area contributed by atoms with E-state index in [2.05, 4.69) is 37.3 Å². The maximum atomic E-state index is 5.94. The minimum atomic E-state index is 0.158. The Balaban J connectivity index is 2.09. The molecule has 0 bridgehead atoms. The van der Waals surface area contributed by atoms with Crippen LogP contribution in [-0.4, -0.2) is 6.10 Å². The lowest BCUT2D eigenvalue weighted by Gasteiger charge is -2.12.